The molecular weight excluding hydrogens is 554 g/mol. The summed E-state index contributed by atoms with van der Waals surface area (Å²) in [5, 5.41) is 23.1. The molecule has 0 radical (unpaired) electrons. The van der Waals surface area contributed by atoms with E-state index in [1.807, 2.05) is 39.8 Å². The largest absolute Gasteiger partial charge is 0.464 e. The van der Waals surface area contributed by atoms with Crippen LogP contribution in [0.2, 0.25) is 5.02 Å². The lowest BCUT2D eigenvalue weighted by molar-refractivity contribution is 0.0771. The molecule has 0 unspecified atom stereocenters. The first-order valence-corrected chi connectivity index (χ1v) is 13.4. The van der Waals surface area contributed by atoms with E-state index in [9.17, 15) is 19.2 Å². The fourth-order valence-corrected chi connectivity index (χ4v) is 5.09. The van der Waals surface area contributed by atoms with E-state index in [1.165, 1.54) is 4.90 Å². The van der Waals surface area contributed by atoms with Gasteiger partial charge in [0.1, 0.15) is 22.9 Å². The fraction of sp³-hybridized carbons (Fsp3) is 0.407. The molecule has 0 saturated heterocycles. The summed E-state index contributed by atoms with van der Waals surface area (Å²) >= 11 is 6.44. The van der Waals surface area contributed by atoms with E-state index in [1.54, 1.807) is 12.1 Å². The van der Waals surface area contributed by atoms with Gasteiger partial charge in [-0.25, -0.2) is 4.79 Å². The zero-order chi connectivity index (χ0) is 29.6. The molecule has 0 bridgehead atoms. The van der Waals surface area contributed by atoms with E-state index in [0.29, 0.717) is 22.0 Å². The number of nitrogens with zero attached hydrogens (tertiary/aromatic N) is 5. The number of carbonyl (C=O) groups excluding carboxylic acids is 1. The molecule has 1 aliphatic heterocycles. The molecule has 3 N–H and O–H groups in total. The molecule has 3 heterocycles. The van der Waals surface area contributed by atoms with Crippen molar-refractivity contribution in [3.8, 4) is 0 Å². The molecule has 1 aliphatic rings. The smallest absolute Gasteiger partial charge is 0.363 e. The summed E-state index contributed by atoms with van der Waals surface area (Å²) in [6, 6.07) is 6.46. The Morgan fingerprint density at radius 2 is 1.68 bits per heavy atom. The zero-order valence-electron chi connectivity index (χ0n) is 23.0. The number of aromatic nitrogens is 4. The topological polar surface area (TPSA) is 165 Å². The van der Waals surface area contributed by atoms with Gasteiger partial charge in [-0.3, -0.25) is 14.4 Å². The van der Waals surface area contributed by atoms with E-state index < -0.39 is 22.6 Å². The van der Waals surface area contributed by atoms with Crippen molar-refractivity contribution in [1.29, 1.82) is 0 Å². The number of halogens is 1. The molecule has 13 nitrogen and oxygen atoms in total. The number of furan rings is 1. The second-order valence-corrected chi connectivity index (χ2v) is 11.4. The van der Waals surface area contributed by atoms with Crippen molar-refractivity contribution in [1.82, 2.24) is 24.7 Å². The Morgan fingerprint density at radius 1 is 1.00 bits per heavy atom. The third kappa shape index (κ3) is 5.18. The van der Waals surface area contributed by atoms with Crippen molar-refractivity contribution in [3.63, 3.8) is 0 Å². The number of rotatable bonds is 10. The van der Waals surface area contributed by atoms with Gasteiger partial charge in [-0.15, -0.1) is 0 Å². The molecule has 0 fully saturated rings. The Bertz CT molecular complexity index is 1750. The minimum absolute atomic E-state index is 0.0170. The number of amides is 1. The van der Waals surface area contributed by atoms with Gasteiger partial charge in [0.25, 0.3) is 16.8 Å². The number of fused-ring (bicyclic) bond motifs is 1. The molecule has 5 rings (SSSR count). The predicted molar refractivity (Wildman–Crippen MR) is 151 cm³/mol. The summed E-state index contributed by atoms with van der Waals surface area (Å²) in [5.74, 6) is 0.995. The molecule has 41 heavy (non-hydrogen) atoms. The zero-order valence-corrected chi connectivity index (χ0v) is 23.8. The highest BCUT2D eigenvalue weighted by molar-refractivity contribution is 6.32. The molecule has 0 aliphatic carbocycles. The first-order valence-electron chi connectivity index (χ1n) is 13.1. The van der Waals surface area contributed by atoms with E-state index in [4.69, 9.17) is 21.1 Å². The molecule has 1 atom stereocenters. The van der Waals surface area contributed by atoms with Gasteiger partial charge in [-0.05, 0) is 47.0 Å². The molecule has 1 amide bonds. The summed E-state index contributed by atoms with van der Waals surface area (Å²) in [7, 11) is 0. The van der Waals surface area contributed by atoms with Gasteiger partial charge in [0.05, 0.1) is 37.0 Å². The molecular formula is C27H30ClN7O6. The number of nitrogens with one attached hydrogen (secondary N) is 2. The highest BCUT2D eigenvalue weighted by Crippen LogP contribution is 2.39. The van der Waals surface area contributed by atoms with Crippen LogP contribution in [0.3, 0.4) is 0 Å². The van der Waals surface area contributed by atoms with Crippen LogP contribution >= 0.6 is 11.6 Å². The molecule has 216 valence electrons. The Labute approximate surface area is 239 Å². The number of hydrogen-bond donors (Lipinski definition) is 3. The van der Waals surface area contributed by atoms with Crippen LogP contribution in [-0.2, 0) is 19.6 Å². The average molecular weight is 584 g/mol. The highest BCUT2D eigenvalue weighted by atomic mass is 35.5. The quantitative estimate of drug-likeness (QED) is 0.236. The fourth-order valence-electron chi connectivity index (χ4n) is 4.87. The number of anilines is 3. The van der Waals surface area contributed by atoms with E-state index >= 15 is 0 Å². The maximum Gasteiger partial charge on any atom is 0.363 e. The van der Waals surface area contributed by atoms with Gasteiger partial charge in [-0.1, -0.05) is 32.4 Å². The Balaban J connectivity index is 1.39. The summed E-state index contributed by atoms with van der Waals surface area (Å²) < 4.78 is 7.97. The first-order chi connectivity index (χ1) is 19.4. The van der Waals surface area contributed by atoms with Crippen molar-refractivity contribution in [3.05, 3.63) is 82.9 Å². The van der Waals surface area contributed by atoms with Gasteiger partial charge in [0, 0.05) is 23.7 Å². The first kappa shape index (κ1) is 28.3. The van der Waals surface area contributed by atoms with Crippen molar-refractivity contribution in [2.24, 2.45) is 5.41 Å². The van der Waals surface area contributed by atoms with Crippen molar-refractivity contribution in [2.45, 2.75) is 53.4 Å². The van der Waals surface area contributed by atoms with Crippen molar-refractivity contribution >= 4 is 34.6 Å². The highest BCUT2D eigenvalue weighted by Gasteiger charge is 2.35. The molecule has 0 saturated carbocycles. The minimum atomic E-state index is -0.702. The summed E-state index contributed by atoms with van der Waals surface area (Å²) in [6.07, 6.45) is 0. The lowest BCUT2D eigenvalue weighted by atomic mass is 9.85. The van der Waals surface area contributed by atoms with E-state index in [2.05, 4.69) is 21.1 Å². The Morgan fingerprint density at radius 3 is 2.32 bits per heavy atom. The van der Waals surface area contributed by atoms with Crippen LogP contribution in [0.15, 0.2) is 43.1 Å². The Hall–Kier alpha value is -4.23. The van der Waals surface area contributed by atoms with Crippen LogP contribution in [0.4, 0.5) is 17.1 Å². The van der Waals surface area contributed by atoms with Crippen LogP contribution in [0.25, 0.3) is 0 Å². The van der Waals surface area contributed by atoms with Gasteiger partial charge in [0.2, 0.25) is 0 Å². The number of aliphatic hydroxyl groups excluding tert-OH is 1. The van der Waals surface area contributed by atoms with Crippen LogP contribution in [0, 0.1) is 12.3 Å². The number of aryl methyl sites for hydroxylation is 1. The van der Waals surface area contributed by atoms with E-state index in [-0.39, 0.29) is 61.0 Å². The van der Waals surface area contributed by atoms with E-state index in [0.717, 1.165) is 15.1 Å². The maximum atomic E-state index is 13.5. The van der Waals surface area contributed by atoms with Crippen molar-refractivity contribution < 1.29 is 14.3 Å². The summed E-state index contributed by atoms with van der Waals surface area (Å²) in [5.41, 5.74) is -0.899. The lowest BCUT2D eigenvalue weighted by Crippen LogP contribution is -2.39. The monoisotopic (exact) mass is 583 g/mol. The number of tetrazole rings is 1. The number of aliphatic hydroxyl groups is 1. The van der Waals surface area contributed by atoms with Gasteiger partial charge < -0.3 is 25.1 Å². The average Bonchev–Trinajstić information content (AvgIpc) is 3.60. The molecule has 14 heteroatoms. The number of benzene rings is 1. The number of hydrogen-bond acceptors (Lipinski definition) is 10. The predicted octanol–water partition coefficient (Wildman–Crippen LogP) is 2.18. The van der Waals surface area contributed by atoms with Gasteiger partial charge >= 0.3 is 5.69 Å². The summed E-state index contributed by atoms with van der Waals surface area (Å²) in [6.45, 7) is 7.96. The van der Waals surface area contributed by atoms with Crippen LogP contribution in [0.5, 0.6) is 0 Å². The molecule has 2 aromatic heterocycles. The van der Waals surface area contributed by atoms with Crippen LogP contribution in [0.1, 0.15) is 54.3 Å². The molecule has 2 aromatic carbocycles. The van der Waals surface area contributed by atoms with Gasteiger partial charge in [-0.2, -0.15) is 9.36 Å². The second kappa shape index (κ2) is 10.6. The van der Waals surface area contributed by atoms with Crippen molar-refractivity contribution in [2.75, 3.05) is 23.8 Å². The maximum absolute atomic E-state index is 13.5. The van der Waals surface area contributed by atoms with Gasteiger partial charge in [0.15, 0.2) is 0 Å². The standard InChI is InChI=1S/C27H30ClN7O6/c1-14-5-8-18(41-14)24(27(2,3)4)30-21-20(22(37)23(21)38)29-17-7-6-16(28)15-13-33(25(39)19(15)17)9-10-34-26(40)35(11-12-36)32-31-34/h5-8,24,29-30,36H,9-13H2,1-4H3/t24-/m0/s1. The third-order valence-corrected chi connectivity index (χ3v) is 7.42. The molecule has 0 spiro atoms. The normalized spacial score (nSPS) is 14.1. The van der Waals surface area contributed by atoms with Crippen LogP contribution in [-0.4, -0.2) is 48.9 Å². The second-order valence-electron chi connectivity index (χ2n) is 11.0. The SMILES string of the molecule is Cc1ccc([C@H](Nc2c(Nc3ccc(Cl)c4c3C(=O)N(CCn3nnn(CCO)c3=O)C4)c(=O)c2=O)C(C)(C)C)o1. The lowest BCUT2D eigenvalue weighted by Gasteiger charge is -2.31. The Kier molecular flexibility index (Phi) is 7.34. The minimum Gasteiger partial charge on any atom is -0.464 e. The molecule has 4 aromatic rings. The number of carbonyl (C=O) groups is 1. The van der Waals surface area contributed by atoms with Crippen LogP contribution < -0.4 is 27.2 Å². The summed E-state index contributed by atoms with van der Waals surface area (Å²) in [4.78, 5) is 52.7. The third-order valence-electron chi connectivity index (χ3n) is 7.07.